The van der Waals surface area contributed by atoms with Crippen LogP contribution in [-0.2, 0) is 7.05 Å². The molecule has 2 aromatic carbocycles. The molecule has 0 aliphatic heterocycles. The van der Waals surface area contributed by atoms with E-state index in [1.54, 1.807) is 0 Å². The lowest BCUT2D eigenvalue weighted by atomic mass is 10.1. The summed E-state index contributed by atoms with van der Waals surface area (Å²) >= 11 is 0. The number of aromatic carboxylic acids is 1. The summed E-state index contributed by atoms with van der Waals surface area (Å²) in [6, 6.07) is 12.1. The normalized spacial score (nSPS) is 17.8. The van der Waals surface area contributed by atoms with E-state index in [0.29, 0.717) is 25.0 Å². The standard InChI is InChI=1S/C21H22FN5O3/c1-27-15-10-14(17(22)18(23)16(15)20(28)19(26-27)21(29)30)25-8-7-24-13-9-12(13)11-5-3-2-4-6-11/h2-6,10,12-13,24-25H,7-9,23H2,1H3,(H,29,30)/t12-,13+/m0/s1. The number of hydrogen-bond acceptors (Lipinski definition) is 6. The predicted octanol–water partition coefficient (Wildman–Crippen LogP) is 1.91. The third-order valence-corrected chi connectivity index (χ3v) is 5.39. The van der Waals surface area contributed by atoms with Crippen molar-refractivity contribution in [1.29, 1.82) is 0 Å². The van der Waals surface area contributed by atoms with Crippen molar-refractivity contribution in [3.05, 3.63) is 63.7 Å². The number of benzene rings is 2. The summed E-state index contributed by atoms with van der Waals surface area (Å²) in [6.45, 7) is 1.08. The molecule has 1 aliphatic rings. The van der Waals surface area contributed by atoms with E-state index in [1.807, 2.05) is 18.2 Å². The Morgan fingerprint density at radius 2 is 2.07 bits per heavy atom. The van der Waals surface area contributed by atoms with E-state index in [-0.39, 0.29) is 22.3 Å². The second kappa shape index (κ2) is 7.75. The van der Waals surface area contributed by atoms with Crippen LogP contribution in [0.4, 0.5) is 15.8 Å². The van der Waals surface area contributed by atoms with Crippen molar-refractivity contribution < 1.29 is 14.3 Å². The third kappa shape index (κ3) is 3.59. The van der Waals surface area contributed by atoms with Crippen molar-refractivity contribution in [3.63, 3.8) is 0 Å². The summed E-state index contributed by atoms with van der Waals surface area (Å²) in [7, 11) is 1.48. The zero-order chi connectivity index (χ0) is 21.4. The van der Waals surface area contributed by atoms with E-state index < -0.39 is 22.9 Å². The number of carboxylic acid groups (broad SMARTS) is 1. The number of nitrogen functional groups attached to an aromatic ring is 1. The summed E-state index contributed by atoms with van der Waals surface area (Å²) in [5.74, 6) is -1.77. The highest BCUT2D eigenvalue weighted by molar-refractivity contribution is 5.97. The topological polar surface area (TPSA) is 122 Å². The maximum absolute atomic E-state index is 14.7. The number of rotatable bonds is 7. The number of nitrogens with two attached hydrogens (primary N) is 1. The highest BCUT2D eigenvalue weighted by Gasteiger charge is 2.37. The van der Waals surface area contributed by atoms with Gasteiger partial charge < -0.3 is 21.5 Å². The van der Waals surface area contributed by atoms with Gasteiger partial charge in [0.05, 0.1) is 22.3 Å². The Hall–Kier alpha value is -3.46. The molecule has 30 heavy (non-hydrogen) atoms. The minimum absolute atomic E-state index is 0.136. The number of aromatic nitrogens is 2. The SMILES string of the molecule is Cn1nc(C(=O)O)c(=O)c2c(N)c(F)c(NCCN[C@@H]3C[C@H]3c3ccccc3)cc21. The number of carboxylic acids is 1. The van der Waals surface area contributed by atoms with Gasteiger partial charge in [0, 0.05) is 32.1 Å². The van der Waals surface area contributed by atoms with Gasteiger partial charge in [-0.3, -0.25) is 9.48 Å². The van der Waals surface area contributed by atoms with E-state index >= 15 is 0 Å². The molecular weight excluding hydrogens is 389 g/mol. The molecule has 156 valence electrons. The van der Waals surface area contributed by atoms with Gasteiger partial charge in [-0.05, 0) is 18.1 Å². The zero-order valence-corrected chi connectivity index (χ0v) is 16.4. The van der Waals surface area contributed by atoms with Crippen molar-refractivity contribution in [2.24, 2.45) is 7.05 Å². The molecule has 4 rings (SSSR count). The number of nitrogens with zero attached hydrogens (tertiary/aromatic N) is 2. The molecule has 1 aliphatic carbocycles. The highest BCUT2D eigenvalue weighted by Crippen LogP contribution is 2.40. The molecule has 1 heterocycles. The van der Waals surface area contributed by atoms with Gasteiger partial charge in [-0.15, -0.1) is 0 Å². The molecule has 0 bridgehead atoms. The third-order valence-electron chi connectivity index (χ3n) is 5.39. The quantitative estimate of drug-likeness (QED) is 0.346. The van der Waals surface area contributed by atoms with E-state index in [0.717, 1.165) is 6.42 Å². The molecule has 1 aromatic heterocycles. The van der Waals surface area contributed by atoms with E-state index in [9.17, 15) is 14.0 Å². The van der Waals surface area contributed by atoms with Crippen molar-refractivity contribution in [3.8, 4) is 0 Å². The minimum atomic E-state index is -1.49. The Morgan fingerprint density at radius 1 is 1.33 bits per heavy atom. The van der Waals surface area contributed by atoms with Crippen LogP contribution in [0.1, 0.15) is 28.4 Å². The first-order valence-electron chi connectivity index (χ1n) is 9.63. The van der Waals surface area contributed by atoms with Gasteiger partial charge in [0.15, 0.2) is 5.82 Å². The van der Waals surface area contributed by atoms with Crippen LogP contribution in [0.25, 0.3) is 10.9 Å². The molecule has 2 atom stereocenters. The lowest BCUT2D eigenvalue weighted by Gasteiger charge is -2.14. The largest absolute Gasteiger partial charge is 0.476 e. The average molecular weight is 411 g/mol. The first-order chi connectivity index (χ1) is 14.4. The van der Waals surface area contributed by atoms with Crippen LogP contribution in [0.2, 0.25) is 0 Å². The lowest BCUT2D eigenvalue weighted by Crippen LogP contribution is -2.26. The van der Waals surface area contributed by atoms with Crippen LogP contribution in [-0.4, -0.2) is 40.0 Å². The summed E-state index contributed by atoms with van der Waals surface area (Å²) in [6.07, 6.45) is 1.07. The molecule has 0 saturated heterocycles. The van der Waals surface area contributed by atoms with Gasteiger partial charge in [-0.2, -0.15) is 5.10 Å². The summed E-state index contributed by atoms with van der Waals surface area (Å²) in [5, 5.41) is 19.1. The van der Waals surface area contributed by atoms with Crippen molar-refractivity contribution in [2.75, 3.05) is 24.1 Å². The first kappa shape index (κ1) is 19.8. The summed E-state index contributed by atoms with van der Waals surface area (Å²) in [4.78, 5) is 23.6. The summed E-state index contributed by atoms with van der Waals surface area (Å²) in [5.41, 5.74) is 5.55. The van der Waals surface area contributed by atoms with Crippen LogP contribution in [0.3, 0.4) is 0 Å². The van der Waals surface area contributed by atoms with Crippen molar-refractivity contribution in [2.45, 2.75) is 18.4 Å². The molecule has 0 radical (unpaired) electrons. The van der Waals surface area contributed by atoms with Crippen LogP contribution in [0.15, 0.2) is 41.2 Å². The molecule has 1 fully saturated rings. The van der Waals surface area contributed by atoms with Gasteiger partial charge in [0.1, 0.15) is 0 Å². The predicted molar refractivity (Wildman–Crippen MR) is 112 cm³/mol. The van der Waals surface area contributed by atoms with Crippen LogP contribution < -0.4 is 21.8 Å². The molecule has 0 spiro atoms. The maximum Gasteiger partial charge on any atom is 0.360 e. The van der Waals surface area contributed by atoms with Crippen LogP contribution in [0, 0.1) is 5.82 Å². The minimum Gasteiger partial charge on any atom is -0.476 e. The average Bonchev–Trinajstić information content (AvgIpc) is 3.51. The highest BCUT2D eigenvalue weighted by atomic mass is 19.1. The number of nitrogens with one attached hydrogen (secondary N) is 2. The van der Waals surface area contributed by atoms with Crippen LogP contribution in [0.5, 0.6) is 0 Å². The number of fused-ring (bicyclic) bond motifs is 1. The molecule has 0 unspecified atom stereocenters. The number of halogens is 1. The fraction of sp³-hybridized carbons (Fsp3) is 0.286. The maximum atomic E-state index is 14.7. The Balaban J connectivity index is 1.46. The monoisotopic (exact) mass is 411 g/mol. The van der Waals surface area contributed by atoms with Gasteiger partial charge in [-0.1, -0.05) is 30.3 Å². The van der Waals surface area contributed by atoms with Gasteiger partial charge in [-0.25, -0.2) is 9.18 Å². The van der Waals surface area contributed by atoms with Crippen molar-refractivity contribution >= 4 is 28.2 Å². The van der Waals surface area contributed by atoms with Gasteiger partial charge >= 0.3 is 5.97 Å². The van der Waals surface area contributed by atoms with Crippen LogP contribution >= 0.6 is 0 Å². The smallest absolute Gasteiger partial charge is 0.360 e. The lowest BCUT2D eigenvalue weighted by molar-refractivity contribution is 0.0687. The number of carbonyl (C=O) groups is 1. The molecule has 8 nitrogen and oxygen atoms in total. The van der Waals surface area contributed by atoms with E-state index in [1.165, 1.54) is 23.4 Å². The van der Waals surface area contributed by atoms with Gasteiger partial charge in [0.25, 0.3) is 0 Å². The molecule has 1 saturated carbocycles. The zero-order valence-electron chi connectivity index (χ0n) is 16.4. The Morgan fingerprint density at radius 3 is 2.77 bits per heavy atom. The van der Waals surface area contributed by atoms with E-state index in [2.05, 4.69) is 27.9 Å². The van der Waals surface area contributed by atoms with Gasteiger partial charge in [0.2, 0.25) is 11.1 Å². The first-order valence-corrected chi connectivity index (χ1v) is 9.63. The Kier molecular flexibility index (Phi) is 5.13. The Bertz CT molecular complexity index is 1180. The second-order valence-corrected chi connectivity index (χ2v) is 7.39. The second-order valence-electron chi connectivity index (χ2n) is 7.39. The molecule has 0 amide bonds. The fourth-order valence-corrected chi connectivity index (χ4v) is 3.74. The Labute approximate surface area is 171 Å². The van der Waals surface area contributed by atoms with E-state index in [4.69, 9.17) is 10.8 Å². The molecule has 3 aromatic rings. The van der Waals surface area contributed by atoms with Crippen molar-refractivity contribution in [1.82, 2.24) is 15.1 Å². The number of anilines is 2. The molecule has 5 N–H and O–H groups in total. The number of hydrogen-bond donors (Lipinski definition) is 4. The molecular formula is C21H22FN5O3. The summed E-state index contributed by atoms with van der Waals surface area (Å²) < 4.78 is 16.0. The molecule has 9 heteroatoms. The fourth-order valence-electron chi connectivity index (χ4n) is 3.74. The number of aryl methyl sites for hydroxylation is 1.